The average molecular weight is 234 g/mol. The molecule has 0 radical (unpaired) electrons. The second kappa shape index (κ2) is 5.63. The van der Waals surface area contributed by atoms with Crippen molar-refractivity contribution < 1.29 is 5.11 Å². The number of nitrogens with two attached hydrogens (primary N) is 1. The van der Waals surface area contributed by atoms with Crippen LogP contribution in [-0.2, 0) is 13.1 Å². The molecule has 1 saturated heterocycles. The number of β-amino-alcohol motifs (C(OH)–C–C–N with tert-alkyl or cyclic N) is 1. The molecule has 0 saturated carbocycles. The van der Waals surface area contributed by atoms with E-state index >= 15 is 0 Å². The summed E-state index contributed by atoms with van der Waals surface area (Å²) in [6.07, 6.45) is 0.902. The van der Waals surface area contributed by atoms with Gasteiger partial charge in [-0.1, -0.05) is 31.2 Å². The average Bonchev–Trinajstić information content (AvgIpc) is 2.34. The molecule has 1 fully saturated rings. The molecule has 0 aromatic heterocycles. The third-order valence-electron chi connectivity index (χ3n) is 3.64. The highest BCUT2D eigenvalue weighted by molar-refractivity contribution is 5.23. The Morgan fingerprint density at radius 3 is 2.88 bits per heavy atom. The fourth-order valence-electron chi connectivity index (χ4n) is 2.37. The zero-order chi connectivity index (χ0) is 12.3. The van der Waals surface area contributed by atoms with Gasteiger partial charge in [-0.05, 0) is 30.0 Å². The van der Waals surface area contributed by atoms with Gasteiger partial charge in [-0.15, -0.1) is 0 Å². The van der Waals surface area contributed by atoms with Gasteiger partial charge in [-0.2, -0.15) is 0 Å². The number of benzene rings is 1. The maximum absolute atomic E-state index is 9.87. The number of hydrogen-bond acceptors (Lipinski definition) is 3. The maximum Gasteiger partial charge on any atom is 0.0693 e. The predicted octanol–water partition coefficient (Wildman–Crippen LogP) is 1.35. The number of likely N-dealkylation sites (tertiary alicyclic amines) is 1. The molecule has 1 aliphatic heterocycles. The van der Waals surface area contributed by atoms with Crippen LogP contribution in [0.1, 0.15) is 24.5 Å². The summed E-state index contributed by atoms with van der Waals surface area (Å²) < 4.78 is 0. The summed E-state index contributed by atoms with van der Waals surface area (Å²) in [5.74, 6) is 0.432. The quantitative estimate of drug-likeness (QED) is 0.830. The van der Waals surface area contributed by atoms with E-state index < -0.39 is 0 Å². The van der Waals surface area contributed by atoms with E-state index in [4.69, 9.17) is 5.73 Å². The lowest BCUT2D eigenvalue weighted by Crippen LogP contribution is -2.42. The second-order valence-corrected chi connectivity index (χ2v) is 5.09. The Labute approximate surface area is 103 Å². The van der Waals surface area contributed by atoms with Gasteiger partial charge in [0.25, 0.3) is 0 Å². The van der Waals surface area contributed by atoms with Crippen LogP contribution < -0.4 is 5.73 Å². The molecule has 0 aliphatic carbocycles. The first-order valence-corrected chi connectivity index (χ1v) is 6.37. The largest absolute Gasteiger partial charge is 0.392 e. The number of rotatable bonds is 3. The van der Waals surface area contributed by atoms with Crippen molar-refractivity contribution in [1.29, 1.82) is 0 Å². The number of aliphatic hydroxyl groups is 1. The molecule has 2 atom stereocenters. The Bertz CT molecular complexity index is 367. The first kappa shape index (κ1) is 12.6. The molecule has 2 unspecified atom stereocenters. The zero-order valence-electron chi connectivity index (χ0n) is 10.5. The Morgan fingerprint density at radius 1 is 1.41 bits per heavy atom. The van der Waals surface area contributed by atoms with E-state index in [9.17, 15) is 5.11 Å². The normalized spacial score (nSPS) is 26.1. The van der Waals surface area contributed by atoms with Crippen molar-refractivity contribution >= 4 is 0 Å². The molecule has 1 heterocycles. The van der Waals surface area contributed by atoms with Crippen molar-refractivity contribution in [2.75, 3.05) is 13.1 Å². The number of nitrogens with zero attached hydrogens (tertiary/aromatic N) is 1. The van der Waals surface area contributed by atoms with Gasteiger partial charge in [0.1, 0.15) is 0 Å². The van der Waals surface area contributed by atoms with Crippen LogP contribution in [0.3, 0.4) is 0 Å². The Morgan fingerprint density at radius 2 is 2.18 bits per heavy atom. The van der Waals surface area contributed by atoms with E-state index in [1.54, 1.807) is 0 Å². The van der Waals surface area contributed by atoms with Gasteiger partial charge in [-0.25, -0.2) is 0 Å². The summed E-state index contributed by atoms with van der Waals surface area (Å²) in [5, 5.41) is 9.87. The second-order valence-electron chi connectivity index (χ2n) is 5.09. The molecule has 0 spiro atoms. The summed E-state index contributed by atoms with van der Waals surface area (Å²) in [4.78, 5) is 2.32. The molecule has 0 bridgehead atoms. The molecule has 3 heteroatoms. The van der Waals surface area contributed by atoms with E-state index in [1.807, 2.05) is 0 Å². The summed E-state index contributed by atoms with van der Waals surface area (Å²) >= 11 is 0. The molecule has 3 nitrogen and oxygen atoms in total. The van der Waals surface area contributed by atoms with Crippen LogP contribution in [-0.4, -0.2) is 29.2 Å². The monoisotopic (exact) mass is 234 g/mol. The van der Waals surface area contributed by atoms with Gasteiger partial charge in [0.2, 0.25) is 0 Å². The van der Waals surface area contributed by atoms with Crippen molar-refractivity contribution in [2.24, 2.45) is 11.7 Å². The van der Waals surface area contributed by atoms with Gasteiger partial charge < -0.3 is 10.8 Å². The highest BCUT2D eigenvalue weighted by atomic mass is 16.3. The van der Waals surface area contributed by atoms with Crippen LogP contribution in [0.2, 0.25) is 0 Å². The minimum Gasteiger partial charge on any atom is -0.392 e. The van der Waals surface area contributed by atoms with Gasteiger partial charge in [0.15, 0.2) is 0 Å². The summed E-state index contributed by atoms with van der Waals surface area (Å²) in [7, 11) is 0. The summed E-state index contributed by atoms with van der Waals surface area (Å²) in [6.45, 7) is 5.49. The van der Waals surface area contributed by atoms with Gasteiger partial charge in [0.05, 0.1) is 6.10 Å². The molecular weight excluding hydrogens is 212 g/mol. The Kier molecular flexibility index (Phi) is 4.15. The number of piperidine rings is 1. The highest BCUT2D eigenvalue weighted by Crippen LogP contribution is 2.19. The Balaban J connectivity index is 1.96. The summed E-state index contributed by atoms with van der Waals surface area (Å²) in [5.41, 5.74) is 8.10. The molecule has 1 aromatic rings. The zero-order valence-corrected chi connectivity index (χ0v) is 10.5. The number of aliphatic hydroxyl groups excluding tert-OH is 1. The van der Waals surface area contributed by atoms with Crippen LogP contribution in [0.5, 0.6) is 0 Å². The van der Waals surface area contributed by atoms with Crippen LogP contribution >= 0.6 is 0 Å². The lowest BCUT2D eigenvalue weighted by atomic mass is 9.95. The summed E-state index contributed by atoms with van der Waals surface area (Å²) in [6, 6.07) is 8.39. The van der Waals surface area contributed by atoms with Crippen molar-refractivity contribution in [2.45, 2.75) is 32.5 Å². The highest BCUT2D eigenvalue weighted by Gasteiger charge is 2.23. The van der Waals surface area contributed by atoms with E-state index in [0.717, 1.165) is 26.1 Å². The molecule has 3 N–H and O–H groups in total. The van der Waals surface area contributed by atoms with E-state index in [0.29, 0.717) is 12.5 Å². The smallest absolute Gasteiger partial charge is 0.0693 e. The third-order valence-corrected chi connectivity index (χ3v) is 3.64. The molecule has 2 rings (SSSR count). The minimum atomic E-state index is -0.179. The minimum absolute atomic E-state index is 0.179. The van der Waals surface area contributed by atoms with Crippen molar-refractivity contribution in [3.63, 3.8) is 0 Å². The molecule has 1 aliphatic rings. The van der Waals surface area contributed by atoms with E-state index in [2.05, 4.69) is 36.1 Å². The maximum atomic E-state index is 9.87. The van der Waals surface area contributed by atoms with Crippen LogP contribution in [0.4, 0.5) is 0 Å². The molecule has 0 amide bonds. The molecule has 94 valence electrons. The predicted molar refractivity (Wildman–Crippen MR) is 69.4 cm³/mol. The molecule has 17 heavy (non-hydrogen) atoms. The third kappa shape index (κ3) is 3.28. The van der Waals surface area contributed by atoms with E-state index in [-0.39, 0.29) is 6.10 Å². The standard InChI is InChI=1S/C14H22N2O/c1-11-5-6-16(10-14(11)17)9-13-4-2-3-12(7-13)8-15/h2-4,7,11,14,17H,5-6,8-10,15H2,1H3. The first-order chi connectivity index (χ1) is 8.19. The molecular formula is C14H22N2O. The lowest BCUT2D eigenvalue weighted by Gasteiger charge is -2.34. The molecule has 1 aromatic carbocycles. The number of hydrogen-bond donors (Lipinski definition) is 2. The topological polar surface area (TPSA) is 49.5 Å². The van der Waals surface area contributed by atoms with Crippen molar-refractivity contribution in [3.8, 4) is 0 Å². The van der Waals surface area contributed by atoms with Crippen molar-refractivity contribution in [1.82, 2.24) is 4.90 Å². The SMILES string of the molecule is CC1CCN(Cc2cccc(CN)c2)CC1O. The first-order valence-electron chi connectivity index (χ1n) is 6.37. The van der Waals surface area contributed by atoms with Gasteiger partial charge in [-0.3, -0.25) is 4.90 Å². The van der Waals surface area contributed by atoms with Gasteiger partial charge in [0, 0.05) is 19.6 Å². The van der Waals surface area contributed by atoms with Crippen LogP contribution in [0, 0.1) is 5.92 Å². The fraction of sp³-hybridized carbons (Fsp3) is 0.571. The fourth-order valence-corrected chi connectivity index (χ4v) is 2.37. The lowest BCUT2D eigenvalue weighted by molar-refractivity contribution is 0.0259. The van der Waals surface area contributed by atoms with E-state index in [1.165, 1.54) is 11.1 Å². The van der Waals surface area contributed by atoms with Crippen LogP contribution in [0.15, 0.2) is 24.3 Å². The van der Waals surface area contributed by atoms with Crippen molar-refractivity contribution in [3.05, 3.63) is 35.4 Å². The Hall–Kier alpha value is -0.900. The van der Waals surface area contributed by atoms with Crippen LogP contribution in [0.25, 0.3) is 0 Å². The van der Waals surface area contributed by atoms with Gasteiger partial charge >= 0.3 is 0 Å².